The van der Waals surface area contributed by atoms with Gasteiger partial charge in [0.2, 0.25) is 0 Å². The van der Waals surface area contributed by atoms with Crippen LogP contribution in [0.3, 0.4) is 0 Å². The van der Waals surface area contributed by atoms with Gasteiger partial charge >= 0.3 is 5.97 Å². The van der Waals surface area contributed by atoms with E-state index in [4.69, 9.17) is 9.72 Å². The summed E-state index contributed by atoms with van der Waals surface area (Å²) in [6.07, 6.45) is 14.3. The molecular formula is C22H30N4O2. The summed E-state index contributed by atoms with van der Waals surface area (Å²) in [5, 5.41) is 3.40. The summed E-state index contributed by atoms with van der Waals surface area (Å²) in [7, 11) is 1.44. The molecule has 0 amide bonds. The van der Waals surface area contributed by atoms with Crippen LogP contribution in [0.2, 0.25) is 0 Å². The molecule has 0 aliphatic carbocycles. The first-order valence-corrected chi connectivity index (χ1v) is 10.3. The lowest BCUT2D eigenvalue weighted by atomic mass is 9.92. The molecule has 6 nitrogen and oxygen atoms in total. The Morgan fingerprint density at radius 3 is 2.82 bits per heavy atom. The molecule has 28 heavy (non-hydrogen) atoms. The Kier molecular flexibility index (Phi) is 7.76. The number of hydrogen-bond donors (Lipinski definition) is 1. The Hall–Kier alpha value is -2.50. The van der Waals surface area contributed by atoms with Crippen molar-refractivity contribution in [2.45, 2.75) is 63.7 Å². The monoisotopic (exact) mass is 382 g/mol. The minimum Gasteiger partial charge on any atom is -0.469 e. The Labute approximate surface area is 167 Å². The van der Waals surface area contributed by atoms with E-state index in [1.807, 2.05) is 0 Å². The van der Waals surface area contributed by atoms with Gasteiger partial charge in [-0.2, -0.15) is 0 Å². The molecule has 0 radical (unpaired) electrons. The van der Waals surface area contributed by atoms with Gasteiger partial charge in [-0.1, -0.05) is 25.3 Å². The molecular weight excluding hydrogens is 352 g/mol. The molecule has 1 unspecified atom stereocenters. The van der Waals surface area contributed by atoms with Crippen LogP contribution in [-0.2, 0) is 22.4 Å². The van der Waals surface area contributed by atoms with E-state index in [9.17, 15) is 4.79 Å². The lowest BCUT2D eigenvalue weighted by molar-refractivity contribution is -0.141. The molecule has 2 aromatic rings. The Morgan fingerprint density at radius 1 is 1.18 bits per heavy atom. The third-order valence-electron chi connectivity index (χ3n) is 5.38. The average Bonchev–Trinajstić information content (AvgIpc) is 2.75. The fourth-order valence-electron chi connectivity index (χ4n) is 3.75. The van der Waals surface area contributed by atoms with Crippen LogP contribution >= 0.6 is 0 Å². The molecule has 1 atom stereocenters. The molecule has 3 heterocycles. The van der Waals surface area contributed by atoms with Crippen molar-refractivity contribution in [2.75, 3.05) is 19.0 Å². The maximum atomic E-state index is 11.7. The summed E-state index contributed by atoms with van der Waals surface area (Å²) in [5.74, 6) is 1.03. The standard InChI is InChI=1S/C22H30N4O2/c1-28-21(27)13-18(19-14-23-16-24-15-19)7-4-2-3-5-9-20-11-10-17-8-6-12-25-22(17)26-20/h10-11,14-16,18H,2-9,12-13H2,1H3,(H,25,26). The predicted octanol–water partition coefficient (Wildman–Crippen LogP) is 4.07. The molecule has 0 spiro atoms. The summed E-state index contributed by atoms with van der Waals surface area (Å²) < 4.78 is 4.84. The molecule has 2 aromatic heterocycles. The highest BCUT2D eigenvalue weighted by atomic mass is 16.5. The van der Waals surface area contributed by atoms with Crippen molar-refractivity contribution in [3.63, 3.8) is 0 Å². The quantitative estimate of drug-likeness (QED) is 0.493. The average molecular weight is 383 g/mol. The topological polar surface area (TPSA) is 77.0 Å². The summed E-state index contributed by atoms with van der Waals surface area (Å²) in [6, 6.07) is 4.40. The first kappa shape index (κ1) is 20.2. The van der Waals surface area contributed by atoms with Crippen LogP contribution < -0.4 is 5.32 Å². The third-order valence-corrected chi connectivity index (χ3v) is 5.38. The molecule has 1 aliphatic heterocycles. The van der Waals surface area contributed by atoms with E-state index in [1.165, 1.54) is 37.5 Å². The molecule has 0 fully saturated rings. The number of aryl methyl sites for hydroxylation is 2. The highest BCUT2D eigenvalue weighted by molar-refractivity contribution is 5.70. The van der Waals surface area contributed by atoms with Crippen LogP contribution in [0, 0.1) is 0 Å². The number of pyridine rings is 1. The second-order valence-corrected chi connectivity index (χ2v) is 7.44. The van der Waals surface area contributed by atoms with Crippen molar-refractivity contribution < 1.29 is 9.53 Å². The van der Waals surface area contributed by atoms with Crippen LogP contribution in [-0.4, -0.2) is 34.6 Å². The Balaban J connectivity index is 1.39. The van der Waals surface area contributed by atoms with Gasteiger partial charge in [0.15, 0.2) is 0 Å². The molecule has 0 aromatic carbocycles. The summed E-state index contributed by atoms with van der Waals surface area (Å²) in [5.41, 5.74) is 3.54. The number of aromatic nitrogens is 3. The predicted molar refractivity (Wildman–Crippen MR) is 109 cm³/mol. The van der Waals surface area contributed by atoms with E-state index in [2.05, 4.69) is 27.4 Å². The van der Waals surface area contributed by atoms with Gasteiger partial charge in [-0.15, -0.1) is 0 Å². The van der Waals surface area contributed by atoms with Crippen molar-refractivity contribution in [1.29, 1.82) is 0 Å². The van der Waals surface area contributed by atoms with Gasteiger partial charge in [0, 0.05) is 24.6 Å². The molecule has 150 valence electrons. The normalized spacial score (nSPS) is 14.0. The SMILES string of the molecule is COC(=O)CC(CCCCCCc1ccc2c(n1)NCCC2)c1cncnc1. The van der Waals surface area contributed by atoms with Crippen LogP contribution in [0.1, 0.15) is 67.7 Å². The summed E-state index contributed by atoms with van der Waals surface area (Å²) in [4.78, 5) is 24.6. The molecule has 0 saturated carbocycles. The van der Waals surface area contributed by atoms with Gasteiger partial charge in [-0.05, 0) is 55.2 Å². The number of ether oxygens (including phenoxy) is 1. The lowest BCUT2D eigenvalue weighted by Crippen LogP contribution is -2.13. The van der Waals surface area contributed by atoms with Crippen molar-refractivity contribution in [3.8, 4) is 0 Å². The van der Waals surface area contributed by atoms with Crippen molar-refractivity contribution >= 4 is 11.8 Å². The summed E-state index contributed by atoms with van der Waals surface area (Å²) >= 11 is 0. The number of fused-ring (bicyclic) bond motifs is 1. The number of carbonyl (C=O) groups is 1. The van der Waals surface area contributed by atoms with Gasteiger partial charge in [-0.25, -0.2) is 15.0 Å². The van der Waals surface area contributed by atoms with Gasteiger partial charge in [0.1, 0.15) is 12.1 Å². The number of esters is 1. The number of nitrogens with one attached hydrogen (secondary N) is 1. The third kappa shape index (κ3) is 6.01. The van der Waals surface area contributed by atoms with E-state index in [-0.39, 0.29) is 11.9 Å². The molecule has 0 bridgehead atoms. The number of anilines is 1. The molecule has 6 heteroatoms. The van der Waals surface area contributed by atoms with Crippen LogP contribution in [0.15, 0.2) is 30.9 Å². The maximum Gasteiger partial charge on any atom is 0.306 e. The van der Waals surface area contributed by atoms with Crippen molar-refractivity contribution in [3.05, 3.63) is 47.7 Å². The number of methoxy groups -OCH3 is 1. The fraction of sp³-hybridized carbons (Fsp3) is 0.545. The second kappa shape index (κ2) is 10.7. The van der Waals surface area contributed by atoms with E-state index in [0.29, 0.717) is 6.42 Å². The first-order valence-electron chi connectivity index (χ1n) is 10.3. The Bertz CT molecular complexity index is 751. The van der Waals surface area contributed by atoms with Crippen LogP contribution in [0.5, 0.6) is 0 Å². The highest BCUT2D eigenvalue weighted by Gasteiger charge is 2.17. The van der Waals surface area contributed by atoms with Crippen LogP contribution in [0.25, 0.3) is 0 Å². The van der Waals surface area contributed by atoms with Crippen LogP contribution in [0.4, 0.5) is 5.82 Å². The number of hydrogen-bond acceptors (Lipinski definition) is 6. The van der Waals surface area contributed by atoms with Gasteiger partial charge < -0.3 is 10.1 Å². The molecule has 1 aliphatic rings. The van der Waals surface area contributed by atoms with E-state index in [0.717, 1.165) is 56.5 Å². The lowest BCUT2D eigenvalue weighted by Gasteiger charge is -2.17. The minimum absolute atomic E-state index is 0.127. The number of carbonyl (C=O) groups excluding carboxylic acids is 1. The largest absolute Gasteiger partial charge is 0.469 e. The highest BCUT2D eigenvalue weighted by Crippen LogP contribution is 2.26. The van der Waals surface area contributed by atoms with Gasteiger partial charge in [0.25, 0.3) is 0 Å². The van der Waals surface area contributed by atoms with Crippen molar-refractivity contribution in [1.82, 2.24) is 15.0 Å². The van der Waals surface area contributed by atoms with Gasteiger partial charge in [0.05, 0.1) is 13.5 Å². The Morgan fingerprint density at radius 2 is 2.00 bits per heavy atom. The number of nitrogens with zero attached hydrogens (tertiary/aromatic N) is 3. The number of unbranched alkanes of at least 4 members (excludes halogenated alkanes) is 3. The zero-order valence-electron chi connectivity index (χ0n) is 16.7. The van der Waals surface area contributed by atoms with Crippen molar-refractivity contribution in [2.24, 2.45) is 0 Å². The van der Waals surface area contributed by atoms with E-state index in [1.54, 1.807) is 12.4 Å². The summed E-state index contributed by atoms with van der Waals surface area (Å²) in [6.45, 7) is 1.03. The smallest absolute Gasteiger partial charge is 0.306 e. The second-order valence-electron chi connectivity index (χ2n) is 7.44. The number of rotatable bonds is 10. The van der Waals surface area contributed by atoms with E-state index < -0.39 is 0 Å². The molecule has 3 rings (SSSR count). The zero-order valence-corrected chi connectivity index (χ0v) is 16.7. The molecule has 0 saturated heterocycles. The minimum atomic E-state index is -0.180. The maximum absolute atomic E-state index is 11.7. The van der Waals surface area contributed by atoms with Gasteiger partial charge in [-0.3, -0.25) is 4.79 Å². The molecule has 1 N–H and O–H groups in total. The van der Waals surface area contributed by atoms with E-state index >= 15 is 0 Å². The zero-order chi connectivity index (χ0) is 19.6. The first-order chi connectivity index (χ1) is 13.8. The fourth-order valence-corrected chi connectivity index (χ4v) is 3.75.